The molecule has 4 aromatic rings. The number of hydrogen-bond acceptors (Lipinski definition) is 6. The summed E-state index contributed by atoms with van der Waals surface area (Å²) in [7, 11) is 1.58. The predicted molar refractivity (Wildman–Crippen MR) is 106 cm³/mol. The van der Waals surface area contributed by atoms with Crippen LogP contribution in [0, 0.1) is 17.5 Å². The molecule has 5 nitrogen and oxygen atoms in total. The number of fused-ring (bicyclic) bond motifs is 1. The number of anilines is 2. The van der Waals surface area contributed by atoms with Crippen LogP contribution in [0.25, 0.3) is 10.2 Å². The smallest absolute Gasteiger partial charge is 0.224 e. The Hall–Kier alpha value is -2.91. The van der Waals surface area contributed by atoms with E-state index in [4.69, 9.17) is 16.3 Å². The van der Waals surface area contributed by atoms with Gasteiger partial charge in [-0.1, -0.05) is 17.4 Å². The molecule has 0 atom stereocenters. The Morgan fingerprint density at radius 3 is 2.66 bits per heavy atom. The van der Waals surface area contributed by atoms with Crippen LogP contribution < -0.4 is 10.1 Å². The fourth-order valence-corrected chi connectivity index (χ4v) is 3.81. The first-order chi connectivity index (χ1) is 13.9. The number of aromatic nitrogens is 3. The first kappa shape index (κ1) is 19.4. The molecule has 29 heavy (non-hydrogen) atoms. The third-order valence-electron chi connectivity index (χ3n) is 4.07. The number of nitrogens with zero attached hydrogens (tertiary/aromatic N) is 3. The molecule has 2 heterocycles. The molecule has 4 rings (SSSR count). The van der Waals surface area contributed by atoms with Crippen molar-refractivity contribution in [1.82, 2.24) is 15.0 Å². The van der Waals surface area contributed by atoms with Crippen molar-refractivity contribution >= 4 is 44.1 Å². The maximum absolute atomic E-state index is 14.0. The van der Waals surface area contributed by atoms with Crippen LogP contribution in [-0.2, 0) is 6.42 Å². The molecule has 148 valence electrons. The summed E-state index contributed by atoms with van der Waals surface area (Å²) in [6.45, 7) is 0. The van der Waals surface area contributed by atoms with Crippen LogP contribution in [0.5, 0.6) is 5.75 Å². The summed E-state index contributed by atoms with van der Waals surface area (Å²) >= 11 is 7.36. The lowest BCUT2D eigenvalue weighted by Crippen LogP contribution is -2.03. The van der Waals surface area contributed by atoms with Crippen molar-refractivity contribution in [2.45, 2.75) is 6.42 Å². The molecule has 0 fully saturated rings. The highest BCUT2D eigenvalue weighted by Crippen LogP contribution is 2.31. The SMILES string of the molecule is COc1ccc2nc(Nc3cc(Cc4ccc(F)c(F)c4F)nc(Cl)n3)sc2c1. The van der Waals surface area contributed by atoms with E-state index in [2.05, 4.69) is 20.3 Å². The quantitative estimate of drug-likeness (QED) is 0.330. The first-order valence-corrected chi connectivity index (χ1v) is 9.50. The Labute approximate surface area is 172 Å². The van der Waals surface area contributed by atoms with Gasteiger partial charge >= 0.3 is 0 Å². The van der Waals surface area contributed by atoms with Crippen LogP contribution in [0.4, 0.5) is 24.1 Å². The minimum absolute atomic E-state index is 0.0447. The molecule has 0 bridgehead atoms. The van der Waals surface area contributed by atoms with Gasteiger partial charge in [-0.2, -0.15) is 0 Å². The van der Waals surface area contributed by atoms with Crippen molar-refractivity contribution in [3.05, 3.63) is 70.4 Å². The number of nitrogens with one attached hydrogen (secondary N) is 1. The standard InChI is InChI=1S/C19H12ClF3N4OS/c1-28-11-3-5-13-14(8-11)29-19(25-13)27-15-7-10(24-18(20)26-15)6-9-2-4-12(21)17(23)16(9)22/h2-5,7-8H,6H2,1H3,(H,24,25,26,27). The summed E-state index contributed by atoms with van der Waals surface area (Å²) in [5.41, 5.74) is 1.07. The minimum Gasteiger partial charge on any atom is -0.497 e. The van der Waals surface area contributed by atoms with E-state index in [0.717, 1.165) is 22.3 Å². The number of hydrogen-bond donors (Lipinski definition) is 1. The highest BCUT2D eigenvalue weighted by Gasteiger charge is 2.15. The van der Waals surface area contributed by atoms with Gasteiger partial charge in [-0.3, -0.25) is 0 Å². The topological polar surface area (TPSA) is 59.9 Å². The molecule has 2 aromatic heterocycles. The predicted octanol–water partition coefficient (Wildman–Crippen LogP) is 5.50. The van der Waals surface area contributed by atoms with Gasteiger partial charge in [0.2, 0.25) is 5.28 Å². The summed E-state index contributed by atoms with van der Waals surface area (Å²) in [5, 5.41) is 3.53. The van der Waals surface area contributed by atoms with Crippen LogP contribution in [0.2, 0.25) is 5.28 Å². The van der Waals surface area contributed by atoms with E-state index in [-0.39, 0.29) is 17.3 Å². The fraction of sp³-hybridized carbons (Fsp3) is 0.105. The number of thiazole rings is 1. The molecule has 0 amide bonds. The zero-order chi connectivity index (χ0) is 20.5. The van der Waals surface area contributed by atoms with Crippen LogP contribution >= 0.6 is 22.9 Å². The van der Waals surface area contributed by atoms with E-state index in [1.807, 2.05) is 18.2 Å². The van der Waals surface area contributed by atoms with Crippen molar-refractivity contribution in [2.75, 3.05) is 12.4 Å². The van der Waals surface area contributed by atoms with Crippen LogP contribution in [0.1, 0.15) is 11.3 Å². The summed E-state index contributed by atoms with van der Waals surface area (Å²) < 4.78 is 46.6. The van der Waals surface area contributed by atoms with Crippen molar-refractivity contribution in [1.29, 1.82) is 0 Å². The van der Waals surface area contributed by atoms with Crippen LogP contribution in [0.3, 0.4) is 0 Å². The summed E-state index contributed by atoms with van der Waals surface area (Å²) in [5.74, 6) is -2.97. The average Bonchev–Trinajstić information content (AvgIpc) is 3.09. The Kier molecular flexibility index (Phi) is 5.25. The molecule has 0 spiro atoms. The van der Waals surface area contributed by atoms with E-state index < -0.39 is 17.5 Å². The van der Waals surface area contributed by atoms with Gasteiger partial charge in [0.05, 0.1) is 23.0 Å². The number of halogens is 4. The molecular formula is C19H12ClF3N4OS. The largest absolute Gasteiger partial charge is 0.497 e. The lowest BCUT2D eigenvalue weighted by molar-refractivity contribution is 0.415. The molecule has 0 aliphatic heterocycles. The molecule has 1 N–H and O–H groups in total. The zero-order valence-corrected chi connectivity index (χ0v) is 16.4. The molecule has 10 heteroatoms. The minimum atomic E-state index is -1.52. The zero-order valence-electron chi connectivity index (χ0n) is 14.8. The Morgan fingerprint density at radius 2 is 1.86 bits per heavy atom. The summed E-state index contributed by atoms with van der Waals surface area (Å²) in [4.78, 5) is 12.6. The second-order valence-electron chi connectivity index (χ2n) is 6.00. The summed E-state index contributed by atoms with van der Waals surface area (Å²) in [6.07, 6.45) is -0.0863. The molecule has 0 radical (unpaired) electrons. The van der Waals surface area contributed by atoms with Gasteiger partial charge < -0.3 is 10.1 Å². The van der Waals surface area contributed by atoms with E-state index in [9.17, 15) is 13.2 Å². The van der Waals surface area contributed by atoms with Gasteiger partial charge in [-0.05, 0) is 41.4 Å². The lowest BCUT2D eigenvalue weighted by Gasteiger charge is -2.07. The molecule has 0 saturated heterocycles. The fourth-order valence-electron chi connectivity index (χ4n) is 2.71. The normalized spacial score (nSPS) is 11.1. The molecule has 0 aliphatic rings. The van der Waals surface area contributed by atoms with E-state index in [1.165, 1.54) is 11.3 Å². The highest BCUT2D eigenvalue weighted by atomic mass is 35.5. The van der Waals surface area contributed by atoms with Gasteiger partial charge in [0.25, 0.3) is 0 Å². The third kappa shape index (κ3) is 4.10. The Morgan fingerprint density at radius 1 is 1.03 bits per heavy atom. The number of benzene rings is 2. The Bertz CT molecular complexity index is 1220. The summed E-state index contributed by atoms with van der Waals surface area (Å²) in [6, 6.07) is 9.08. The van der Waals surface area contributed by atoms with Gasteiger partial charge in [0.1, 0.15) is 11.6 Å². The second kappa shape index (κ2) is 7.84. The van der Waals surface area contributed by atoms with E-state index in [0.29, 0.717) is 22.4 Å². The van der Waals surface area contributed by atoms with Gasteiger partial charge in [0, 0.05) is 12.5 Å². The van der Waals surface area contributed by atoms with Crippen LogP contribution in [0.15, 0.2) is 36.4 Å². The van der Waals surface area contributed by atoms with Gasteiger partial charge in [0.15, 0.2) is 22.6 Å². The Balaban J connectivity index is 1.61. The monoisotopic (exact) mass is 436 g/mol. The van der Waals surface area contributed by atoms with Gasteiger partial charge in [-0.25, -0.2) is 28.1 Å². The third-order valence-corrected chi connectivity index (χ3v) is 5.17. The molecule has 0 aliphatic carbocycles. The molecule has 2 aromatic carbocycles. The van der Waals surface area contributed by atoms with Crippen molar-refractivity contribution in [3.63, 3.8) is 0 Å². The van der Waals surface area contributed by atoms with Crippen LogP contribution in [-0.4, -0.2) is 22.1 Å². The van der Waals surface area contributed by atoms with Crippen molar-refractivity contribution < 1.29 is 17.9 Å². The molecule has 0 unspecified atom stereocenters. The van der Waals surface area contributed by atoms with Crippen molar-refractivity contribution in [3.8, 4) is 5.75 Å². The number of methoxy groups -OCH3 is 1. The maximum atomic E-state index is 14.0. The van der Waals surface area contributed by atoms with Gasteiger partial charge in [-0.15, -0.1) is 0 Å². The number of rotatable bonds is 5. The first-order valence-electron chi connectivity index (χ1n) is 8.30. The average molecular weight is 437 g/mol. The number of ether oxygens (including phenoxy) is 1. The molecular weight excluding hydrogens is 425 g/mol. The van der Waals surface area contributed by atoms with Crippen molar-refractivity contribution in [2.24, 2.45) is 0 Å². The van der Waals surface area contributed by atoms with E-state index >= 15 is 0 Å². The lowest BCUT2D eigenvalue weighted by atomic mass is 10.1. The highest BCUT2D eigenvalue weighted by molar-refractivity contribution is 7.22. The maximum Gasteiger partial charge on any atom is 0.224 e. The van der Waals surface area contributed by atoms with E-state index in [1.54, 1.807) is 13.2 Å². The molecule has 0 saturated carbocycles. The second-order valence-corrected chi connectivity index (χ2v) is 7.37.